The second-order valence-corrected chi connectivity index (χ2v) is 6.20. The minimum Gasteiger partial charge on any atom is -0.494 e. The largest absolute Gasteiger partial charge is 0.494 e. The second-order valence-electron chi connectivity index (χ2n) is 4.49. The summed E-state index contributed by atoms with van der Waals surface area (Å²) in [5, 5.41) is 10.4. The number of benzene rings is 2. The van der Waals surface area contributed by atoms with Crippen LogP contribution in [0.5, 0.6) is 5.75 Å². The summed E-state index contributed by atoms with van der Waals surface area (Å²) >= 11 is 6.87. The van der Waals surface area contributed by atoms with Crippen LogP contribution in [0, 0.1) is 0 Å². The summed E-state index contributed by atoms with van der Waals surface area (Å²) in [7, 11) is 0. The maximum atomic E-state index is 10.4. The molecule has 0 aliphatic carbocycles. The Labute approximate surface area is 136 Å². The quantitative estimate of drug-likeness (QED) is 0.759. The molecule has 0 aliphatic rings. The van der Waals surface area contributed by atoms with Crippen molar-refractivity contribution in [3.05, 3.63) is 62.5 Å². The average Bonchev–Trinajstić information content (AvgIpc) is 2.48. The molecule has 1 N–H and O–H groups in total. The van der Waals surface area contributed by atoms with E-state index < -0.39 is 6.10 Å². The van der Waals surface area contributed by atoms with Crippen LogP contribution in [0.3, 0.4) is 0 Å². The smallest absolute Gasteiger partial charge is 0.119 e. The topological polar surface area (TPSA) is 29.5 Å². The first kappa shape index (κ1) is 15.5. The Morgan fingerprint density at radius 3 is 2.25 bits per heavy atom. The molecule has 2 nitrogen and oxygen atoms in total. The van der Waals surface area contributed by atoms with Crippen molar-refractivity contribution in [3.8, 4) is 5.75 Å². The maximum Gasteiger partial charge on any atom is 0.119 e. The Balaban J connectivity index is 2.15. The lowest BCUT2D eigenvalue weighted by Crippen LogP contribution is -2.00. The molecule has 0 amide bonds. The van der Waals surface area contributed by atoms with Crippen LogP contribution in [0.1, 0.15) is 30.6 Å². The monoisotopic (exact) mass is 398 g/mol. The lowest BCUT2D eigenvalue weighted by molar-refractivity contribution is 0.220. The highest BCUT2D eigenvalue weighted by Crippen LogP contribution is 2.30. The SMILES string of the molecule is CCCOc1ccc(C(O)c2ccc(Br)c(Br)c2)cc1. The Morgan fingerprint density at radius 2 is 1.65 bits per heavy atom. The van der Waals surface area contributed by atoms with Gasteiger partial charge in [-0.05, 0) is 73.7 Å². The zero-order valence-corrected chi connectivity index (χ0v) is 14.3. The van der Waals surface area contributed by atoms with Gasteiger partial charge in [-0.2, -0.15) is 0 Å². The predicted octanol–water partition coefficient (Wildman–Crippen LogP) is 5.08. The number of aliphatic hydroxyl groups is 1. The molecule has 0 spiro atoms. The van der Waals surface area contributed by atoms with Crippen LogP contribution in [0.2, 0.25) is 0 Å². The average molecular weight is 400 g/mol. The molecular formula is C16H16Br2O2. The number of rotatable bonds is 5. The van der Waals surface area contributed by atoms with Crippen molar-refractivity contribution in [2.45, 2.75) is 19.4 Å². The van der Waals surface area contributed by atoms with Gasteiger partial charge in [0, 0.05) is 8.95 Å². The van der Waals surface area contributed by atoms with Crippen LogP contribution in [0.25, 0.3) is 0 Å². The van der Waals surface area contributed by atoms with Gasteiger partial charge in [0.1, 0.15) is 11.9 Å². The molecule has 0 saturated heterocycles. The fourth-order valence-electron chi connectivity index (χ4n) is 1.84. The van der Waals surface area contributed by atoms with Gasteiger partial charge in [-0.3, -0.25) is 0 Å². The lowest BCUT2D eigenvalue weighted by Gasteiger charge is -2.13. The summed E-state index contributed by atoms with van der Waals surface area (Å²) in [5.74, 6) is 0.833. The molecule has 0 fully saturated rings. The van der Waals surface area contributed by atoms with E-state index in [-0.39, 0.29) is 0 Å². The number of aliphatic hydroxyl groups excluding tert-OH is 1. The summed E-state index contributed by atoms with van der Waals surface area (Å²) in [5.41, 5.74) is 1.70. The molecule has 1 atom stereocenters. The van der Waals surface area contributed by atoms with Gasteiger partial charge in [0.05, 0.1) is 6.61 Å². The normalized spacial score (nSPS) is 12.2. The Kier molecular flexibility index (Phi) is 5.64. The molecular weight excluding hydrogens is 384 g/mol. The van der Waals surface area contributed by atoms with E-state index >= 15 is 0 Å². The number of hydrogen-bond acceptors (Lipinski definition) is 2. The van der Waals surface area contributed by atoms with Gasteiger partial charge in [-0.1, -0.05) is 25.1 Å². The van der Waals surface area contributed by atoms with E-state index in [0.29, 0.717) is 6.61 Å². The van der Waals surface area contributed by atoms with Crippen LogP contribution in [0.15, 0.2) is 51.4 Å². The molecule has 0 bridgehead atoms. The molecule has 2 aromatic carbocycles. The van der Waals surface area contributed by atoms with Crippen molar-refractivity contribution in [1.29, 1.82) is 0 Å². The van der Waals surface area contributed by atoms with E-state index in [2.05, 4.69) is 38.8 Å². The molecule has 0 radical (unpaired) electrons. The van der Waals surface area contributed by atoms with Crippen molar-refractivity contribution in [1.82, 2.24) is 0 Å². The minimum atomic E-state index is -0.639. The van der Waals surface area contributed by atoms with Gasteiger partial charge in [0.25, 0.3) is 0 Å². The van der Waals surface area contributed by atoms with E-state index in [9.17, 15) is 5.11 Å². The van der Waals surface area contributed by atoms with E-state index in [1.54, 1.807) is 0 Å². The Bertz CT molecular complexity index is 567. The highest BCUT2D eigenvalue weighted by molar-refractivity contribution is 9.13. The minimum absolute atomic E-state index is 0.639. The van der Waals surface area contributed by atoms with Crippen LogP contribution in [-0.2, 0) is 0 Å². The van der Waals surface area contributed by atoms with Crippen molar-refractivity contribution in [2.75, 3.05) is 6.61 Å². The Hall–Kier alpha value is -0.840. The van der Waals surface area contributed by atoms with Crippen LogP contribution in [0.4, 0.5) is 0 Å². The first-order valence-electron chi connectivity index (χ1n) is 6.47. The van der Waals surface area contributed by atoms with Gasteiger partial charge < -0.3 is 9.84 Å². The highest BCUT2D eigenvalue weighted by Gasteiger charge is 2.11. The predicted molar refractivity (Wildman–Crippen MR) is 88.1 cm³/mol. The van der Waals surface area contributed by atoms with Gasteiger partial charge in [0.15, 0.2) is 0 Å². The van der Waals surface area contributed by atoms with Crippen molar-refractivity contribution in [2.24, 2.45) is 0 Å². The molecule has 106 valence electrons. The van der Waals surface area contributed by atoms with Gasteiger partial charge in [-0.15, -0.1) is 0 Å². The Morgan fingerprint density at radius 1 is 1.00 bits per heavy atom. The lowest BCUT2D eigenvalue weighted by atomic mass is 10.0. The standard InChI is InChI=1S/C16H16Br2O2/c1-2-9-20-13-6-3-11(4-7-13)16(19)12-5-8-14(17)15(18)10-12/h3-8,10,16,19H,2,9H2,1H3. The van der Waals surface area contributed by atoms with E-state index in [1.807, 2.05) is 42.5 Å². The third-order valence-electron chi connectivity index (χ3n) is 2.93. The first-order chi connectivity index (χ1) is 9.61. The summed E-state index contributed by atoms with van der Waals surface area (Å²) in [6, 6.07) is 13.3. The van der Waals surface area contributed by atoms with E-state index in [4.69, 9.17) is 4.74 Å². The van der Waals surface area contributed by atoms with Crippen LogP contribution in [-0.4, -0.2) is 11.7 Å². The molecule has 0 aromatic heterocycles. The number of ether oxygens (including phenoxy) is 1. The molecule has 4 heteroatoms. The summed E-state index contributed by atoms with van der Waals surface area (Å²) in [6.07, 6.45) is 0.344. The summed E-state index contributed by atoms with van der Waals surface area (Å²) in [6.45, 7) is 2.78. The van der Waals surface area contributed by atoms with Crippen molar-refractivity contribution in [3.63, 3.8) is 0 Å². The van der Waals surface area contributed by atoms with Crippen LogP contribution >= 0.6 is 31.9 Å². The van der Waals surface area contributed by atoms with Crippen molar-refractivity contribution < 1.29 is 9.84 Å². The highest BCUT2D eigenvalue weighted by atomic mass is 79.9. The van der Waals surface area contributed by atoms with E-state index in [1.165, 1.54) is 0 Å². The van der Waals surface area contributed by atoms with Gasteiger partial charge >= 0.3 is 0 Å². The molecule has 20 heavy (non-hydrogen) atoms. The van der Waals surface area contributed by atoms with Crippen LogP contribution < -0.4 is 4.74 Å². The fourth-order valence-corrected chi connectivity index (χ4v) is 2.48. The number of hydrogen-bond donors (Lipinski definition) is 1. The fraction of sp³-hybridized carbons (Fsp3) is 0.250. The second kappa shape index (κ2) is 7.25. The third kappa shape index (κ3) is 3.84. The molecule has 0 aliphatic heterocycles. The molecule has 0 heterocycles. The first-order valence-corrected chi connectivity index (χ1v) is 8.06. The molecule has 1 unspecified atom stereocenters. The number of halogens is 2. The zero-order chi connectivity index (χ0) is 14.5. The van der Waals surface area contributed by atoms with Gasteiger partial charge in [0.2, 0.25) is 0 Å². The van der Waals surface area contributed by atoms with Gasteiger partial charge in [-0.25, -0.2) is 0 Å². The molecule has 2 rings (SSSR count). The summed E-state index contributed by atoms with van der Waals surface area (Å²) < 4.78 is 7.43. The third-order valence-corrected chi connectivity index (χ3v) is 4.81. The summed E-state index contributed by atoms with van der Waals surface area (Å²) in [4.78, 5) is 0. The van der Waals surface area contributed by atoms with E-state index in [0.717, 1.165) is 32.2 Å². The molecule has 2 aromatic rings. The van der Waals surface area contributed by atoms with Crippen molar-refractivity contribution >= 4 is 31.9 Å². The zero-order valence-electron chi connectivity index (χ0n) is 11.1. The molecule has 0 saturated carbocycles. The maximum absolute atomic E-state index is 10.4.